The summed E-state index contributed by atoms with van der Waals surface area (Å²) in [6.45, 7) is 29.0. The van der Waals surface area contributed by atoms with E-state index in [9.17, 15) is 24.0 Å². The number of likely N-dealkylation sites (tertiary alicyclic amines) is 4. The largest absolute Gasteiger partial charge is 1.00 e. The zero-order valence-corrected chi connectivity index (χ0v) is 66.1. The third-order valence-corrected chi connectivity index (χ3v) is 17.4. The number of hydrogen-bond acceptors (Lipinski definition) is 17. The van der Waals surface area contributed by atoms with Gasteiger partial charge in [-0.25, -0.2) is 39.1 Å². The second kappa shape index (κ2) is 35.9. The predicted octanol–water partition coefficient (Wildman–Crippen LogP) is 6.31. The summed E-state index contributed by atoms with van der Waals surface area (Å²) in [5, 5.41) is 2.66. The van der Waals surface area contributed by atoms with Crippen LogP contribution in [0.15, 0.2) is 24.8 Å². The summed E-state index contributed by atoms with van der Waals surface area (Å²) in [5.74, 6) is 3.21. The third kappa shape index (κ3) is 24.7. The number of amides is 5. The predicted molar refractivity (Wildman–Crippen MR) is 346 cm³/mol. The molecule has 472 valence electrons. The van der Waals surface area contributed by atoms with Gasteiger partial charge in [-0.2, -0.15) is 11.0 Å². The summed E-state index contributed by atoms with van der Waals surface area (Å²) < 4.78 is 50.3. The molecule has 0 radical (unpaired) electrons. The minimum Gasteiger partial charge on any atom is -0.917 e. The van der Waals surface area contributed by atoms with Crippen LogP contribution in [0.4, 0.5) is 19.2 Å². The molecule has 32 heteroatoms. The molecule has 86 heavy (non-hydrogen) atoms. The van der Waals surface area contributed by atoms with Crippen LogP contribution in [-0.2, 0) is 43.1 Å². The monoisotopic (exact) mass is 1690 g/mol. The molecule has 0 bridgehead atoms. The zero-order valence-electron chi connectivity index (χ0n) is 52.6. The van der Waals surface area contributed by atoms with Gasteiger partial charge in [-0.05, 0) is 238 Å². The number of hydrogen-bond donors (Lipinski definition) is 5. The number of carbonyl (C=O) groups excluding carboxylic acids is 5. The molecule has 0 aromatic carbocycles. The molecule has 25 nitrogen and oxygen atoms in total. The molecule has 4 aliphatic rings. The van der Waals surface area contributed by atoms with Crippen LogP contribution in [0, 0.1) is 20.7 Å². The fourth-order valence-electron chi connectivity index (χ4n) is 10.0. The van der Waals surface area contributed by atoms with Gasteiger partial charge in [0.05, 0.1) is 51.1 Å². The molecule has 4 aromatic rings. The molecule has 9 atom stereocenters. The second-order valence-corrected chi connectivity index (χ2v) is 29.0. The van der Waals surface area contributed by atoms with Crippen molar-refractivity contribution in [1.29, 1.82) is 0 Å². The number of methoxy groups -OCH3 is 1. The van der Waals surface area contributed by atoms with Crippen molar-refractivity contribution in [2.75, 3.05) is 7.11 Å². The van der Waals surface area contributed by atoms with Gasteiger partial charge in [-0.1, -0.05) is 13.8 Å². The van der Waals surface area contributed by atoms with Crippen molar-refractivity contribution in [3.63, 3.8) is 0 Å². The van der Waals surface area contributed by atoms with Gasteiger partial charge in [0.1, 0.15) is 53.5 Å². The molecule has 8 rings (SSSR count). The first kappa shape index (κ1) is 80.3. The van der Waals surface area contributed by atoms with Crippen LogP contribution in [0.1, 0.15) is 203 Å². The first-order chi connectivity index (χ1) is 38.9. The van der Waals surface area contributed by atoms with Crippen LogP contribution < -0.4 is 64.4 Å². The maximum Gasteiger partial charge on any atom is 1.00 e. The topological polar surface area (TPSA) is 319 Å². The zero-order chi connectivity index (χ0) is 63.3. The number of H-pyrrole nitrogens is 4. The molecular formula is C54H83I4N13Na2O12S. The number of aromatic amines is 4. The molecular weight excluding hydrogens is 1610 g/mol. The molecule has 5 amide bonds. The Balaban J connectivity index is 0.000000381. The Morgan fingerprint density at radius 1 is 0.593 bits per heavy atom. The first-order valence-corrected chi connectivity index (χ1v) is 33.0. The van der Waals surface area contributed by atoms with Crippen molar-refractivity contribution in [1.82, 2.24) is 64.8 Å². The van der Waals surface area contributed by atoms with E-state index in [1.807, 2.05) is 99.8 Å². The molecule has 4 saturated heterocycles. The number of ether oxygens (including phenoxy) is 4. The molecule has 4 aliphatic heterocycles. The van der Waals surface area contributed by atoms with Gasteiger partial charge in [-0.15, -0.1) is 0 Å². The van der Waals surface area contributed by atoms with Crippen LogP contribution in [0.2, 0.25) is 0 Å². The van der Waals surface area contributed by atoms with Gasteiger partial charge >= 0.3 is 83.5 Å². The molecule has 4 aromatic heterocycles. The number of halogens is 4. The van der Waals surface area contributed by atoms with Crippen LogP contribution >= 0.6 is 90.4 Å². The van der Waals surface area contributed by atoms with Gasteiger partial charge in [0.25, 0.3) is 0 Å². The number of alkyl carbamates (subject to hydrolysis) is 1. The average Bonchev–Trinajstić information content (AvgIpc) is 2.59. The van der Waals surface area contributed by atoms with Crippen LogP contribution in [0.5, 0.6) is 0 Å². The van der Waals surface area contributed by atoms with Crippen LogP contribution in [0.3, 0.4) is 0 Å². The van der Waals surface area contributed by atoms with E-state index >= 15 is 0 Å². The summed E-state index contributed by atoms with van der Waals surface area (Å²) >= 11 is 8.77. The van der Waals surface area contributed by atoms with Crippen molar-refractivity contribution in [3.8, 4) is 0 Å². The summed E-state index contributed by atoms with van der Waals surface area (Å²) in [6, 6.07) is -0.0554. The average molecular weight is 1690 g/mol. The summed E-state index contributed by atoms with van der Waals surface area (Å²) in [4.78, 5) is 99.1. The van der Waals surface area contributed by atoms with Crippen molar-refractivity contribution in [2.24, 2.45) is 5.92 Å². The number of nitrogens with zero attached hydrogens (tertiary/aromatic N) is 8. The molecule has 4 fully saturated rings. The Kier molecular flexibility index (Phi) is 33.5. The van der Waals surface area contributed by atoms with E-state index in [1.54, 1.807) is 34.6 Å². The van der Waals surface area contributed by atoms with Crippen molar-refractivity contribution in [2.45, 2.75) is 226 Å². The van der Waals surface area contributed by atoms with E-state index in [4.69, 9.17) is 27.2 Å². The Hall–Kier alpha value is -1.78. The quantitative estimate of drug-likeness (QED) is 0.0338. The molecule has 0 saturated carbocycles. The molecule has 8 heterocycles. The van der Waals surface area contributed by atoms with E-state index < -0.39 is 39.9 Å². The number of nitrogens with one attached hydrogen (secondary N) is 5. The van der Waals surface area contributed by atoms with E-state index in [2.05, 4.69) is 154 Å². The van der Waals surface area contributed by atoms with Crippen molar-refractivity contribution in [3.05, 3.63) is 62.9 Å². The van der Waals surface area contributed by atoms with E-state index in [0.29, 0.717) is 0 Å². The summed E-state index contributed by atoms with van der Waals surface area (Å²) in [7, 11) is -1.82. The first-order valence-electron chi connectivity index (χ1n) is 27.7. The maximum atomic E-state index is 13.1. The standard InChI is InChI=1S/C15H23IN4O3.C13H19I2N3O2.C13H20IN3O2.C13H21N3O2.2Na.O3S/c1-8(2)12(19-15(22)23-4)14(21)20-9(3)5-6-10(20)13-17-7-11(16)18-13;1-7-5-6-8(11-16-9(14)10(15)17-11)18(7)12(19)20-13(2,3)4;1-8-5-6-9(11-15-7-10(14)16-11)17(8)12(18)19-13(2,3)4;1-9-5-6-10(11-14-7-8-15-11)16(9)12(17)18-13(2,3)4;;;1-4(2)3/h7-10,12H,5-6H2,1-4H3,(H,17,18)(H,19,22);7-8H,5-6H2,1-4H3,(H,16,17);7-9H,5-6H2,1-4H3,(H,15,16);7-10H,5-6H2,1-4H3,(H,14,15);;;/q;;;;2*+1;-2/t9-,10-,12-;7-,8-;8-,9-;9-,10-;;;/m0000.../s1. The number of imidazole rings is 4. The third-order valence-electron chi connectivity index (χ3n) is 13.7. The SMILES string of the molecule is COC(=O)N[C@H](C(=O)N1[C@@H](C)CC[C@H]1c1ncc(I)[nH]1)C(C)C.C[C@H]1CC[C@@H](c2nc(I)c(I)[nH]2)N1C(=O)OC(C)(C)C.C[C@H]1CC[C@@H](c2ncc(I)[nH]2)N1C(=O)OC(C)(C)C.C[C@H]1CC[C@@H](c2ncc[nH]2)N1C(=O)OC(C)(C)C.O=[S-](=O)[O-].[Na+].[Na+]. The van der Waals surface area contributed by atoms with Gasteiger partial charge in [-0.3, -0.25) is 19.5 Å². The molecule has 0 aliphatic carbocycles. The van der Waals surface area contributed by atoms with E-state index in [-0.39, 0.29) is 138 Å². The number of carbonyl (C=O) groups is 5. The van der Waals surface area contributed by atoms with E-state index in [0.717, 1.165) is 89.5 Å². The van der Waals surface area contributed by atoms with E-state index in [1.165, 1.54) is 7.11 Å². The van der Waals surface area contributed by atoms with Crippen LogP contribution in [-0.4, -0.2) is 148 Å². The minimum absolute atomic E-state index is 0. The maximum absolute atomic E-state index is 13.1. The Morgan fingerprint density at radius 2 is 0.942 bits per heavy atom. The normalized spacial score (nSPS) is 22.1. The molecule has 5 N–H and O–H groups in total. The Labute approximate surface area is 606 Å². The fraction of sp³-hybridized carbons (Fsp3) is 0.685. The summed E-state index contributed by atoms with van der Waals surface area (Å²) in [6.07, 6.45) is 13.1. The number of aromatic nitrogens is 8. The van der Waals surface area contributed by atoms with Gasteiger partial charge in [0.15, 0.2) is 0 Å². The Morgan fingerprint density at radius 3 is 1.23 bits per heavy atom. The fourth-order valence-corrected chi connectivity index (χ4v) is 11.7. The van der Waals surface area contributed by atoms with Gasteiger partial charge < -0.3 is 62.1 Å². The van der Waals surface area contributed by atoms with Crippen molar-refractivity contribution >= 4 is 132 Å². The number of rotatable bonds is 7. The molecule has 0 spiro atoms. The Bertz CT molecular complexity index is 2850. The second-order valence-electron chi connectivity index (χ2n) is 24.2. The summed E-state index contributed by atoms with van der Waals surface area (Å²) in [5.41, 5.74) is -1.41. The van der Waals surface area contributed by atoms with Gasteiger partial charge in [0.2, 0.25) is 5.91 Å². The molecule has 0 unspecified atom stereocenters. The minimum atomic E-state index is -3.11. The van der Waals surface area contributed by atoms with Gasteiger partial charge in [0, 0.05) is 36.6 Å². The van der Waals surface area contributed by atoms with Crippen molar-refractivity contribution < 1.29 is 115 Å². The van der Waals surface area contributed by atoms with Crippen LogP contribution in [0.25, 0.3) is 0 Å². The smallest absolute Gasteiger partial charge is 0.917 e.